The number of hydrogen-bond acceptors (Lipinski definition) is 3. The van der Waals surface area contributed by atoms with Gasteiger partial charge in [0.15, 0.2) is 0 Å². The first-order chi connectivity index (χ1) is 16.8. The minimum atomic E-state index is -0.560. The summed E-state index contributed by atoms with van der Waals surface area (Å²) in [5.41, 5.74) is 2.11. The summed E-state index contributed by atoms with van der Waals surface area (Å²) in [4.78, 5) is 25.8. The molecule has 2 saturated carbocycles. The maximum Gasteiger partial charge on any atom is 0.224 e. The molecule has 5 nitrogen and oxygen atoms in total. The largest absolute Gasteiger partial charge is 0.392 e. The molecule has 0 aromatic heterocycles. The fraction of sp³-hybridized carbons (Fsp3) is 0.533. The minimum Gasteiger partial charge on any atom is -0.392 e. The molecule has 0 spiro atoms. The van der Waals surface area contributed by atoms with E-state index in [4.69, 9.17) is 0 Å². The Hall–Kier alpha value is -2.66. The Morgan fingerprint density at radius 3 is 2.26 bits per heavy atom. The Labute approximate surface area is 209 Å². The van der Waals surface area contributed by atoms with Crippen LogP contribution in [0.3, 0.4) is 0 Å². The number of aliphatic hydroxyl groups is 1. The summed E-state index contributed by atoms with van der Waals surface area (Å²) in [7, 11) is 0. The van der Waals surface area contributed by atoms with Gasteiger partial charge < -0.3 is 15.7 Å². The van der Waals surface area contributed by atoms with Gasteiger partial charge in [0.25, 0.3) is 0 Å². The molecule has 188 valence electrons. The molecule has 0 unspecified atom stereocenters. The van der Waals surface area contributed by atoms with Crippen molar-refractivity contribution >= 4 is 11.8 Å². The molecule has 0 saturated heterocycles. The number of benzene rings is 2. The van der Waals surface area contributed by atoms with Crippen molar-refractivity contribution in [3.8, 4) is 0 Å². The van der Waals surface area contributed by atoms with Crippen LogP contribution < -0.4 is 10.6 Å². The van der Waals surface area contributed by atoms with E-state index in [1.54, 1.807) is 0 Å². The van der Waals surface area contributed by atoms with Crippen molar-refractivity contribution in [2.24, 2.45) is 29.1 Å². The highest BCUT2D eigenvalue weighted by molar-refractivity contribution is 5.79. The second-order valence-corrected chi connectivity index (χ2v) is 11.1. The van der Waals surface area contributed by atoms with Gasteiger partial charge in [-0.25, -0.2) is 0 Å². The standard InChI is InChI=1S/C30H40N2O3/c1-20(29(35)31-19-23-12-8-5-9-13-23)24-14-16-30(3)17-15-25(21(2)27(30)28(24)34)32-26(33)18-22-10-6-4-7-11-22/h4-13,20-21,24-25,27-28,34H,14-19H2,1-3H3,(H,31,35)(H,32,33)/t20-,21-,24-,25-,27+,28-,30+/m0/s1. The van der Waals surface area contributed by atoms with E-state index in [0.29, 0.717) is 13.0 Å². The van der Waals surface area contributed by atoms with E-state index in [2.05, 4.69) is 24.5 Å². The van der Waals surface area contributed by atoms with Gasteiger partial charge in [0.2, 0.25) is 11.8 Å². The molecule has 0 bridgehead atoms. The van der Waals surface area contributed by atoms with Crippen molar-refractivity contribution in [1.82, 2.24) is 10.6 Å². The van der Waals surface area contributed by atoms with Gasteiger partial charge in [-0.05, 0) is 60.0 Å². The summed E-state index contributed by atoms with van der Waals surface area (Å²) in [6.07, 6.45) is 3.58. The van der Waals surface area contributed by atoms with E-state index in [9.17, 15) is 14.7 Å². The molecule has 2 aliphatic rings. The molecule has 2 aromatic carbocycles. The van der Waals surface area contributed by atoms with Crippen LogP contribution in [0.1, 0.15) is 57.6 Å². The van der Waals surface area contributed by atoms with Gasteiger partial charge in [-0.2, -0.15) is 0 Å². The number of carbonyl (C=O) groups excluding carboxylic acids is 2. The Balaban J connectivity index is 1.39. The van der Waals surface area contributed by atoms with Crippen LogP contribution in [-0.2, 0) is 22.6 Å². The third-order valence-electron chi connectivity index (χ3n) is 8.81. The maximum atomic E-state index is 13.0. The molecule has 5 heteroatoms. The van der Waals surface area contributed by atoms with E-state index >= 15 is 0 Å². The Bertz CT molecular complexity index is 995. The summed E-state index contributed by atoms with van der Waals surface area (Å²) < 4.78 is 0. The first-order valence-corrected chi connectivity index (χ1v) is 13.1. The highest BCUT2D eigenvalue weighted by Crippen LogP contribution is 2.55. The summed E-state index contributed by atoms with van der Waals surface area (Å²) in [6.45, 7) is 6.90. The molecule has 4 rings (SSSR count). The molecule has 7 atom stereocenters. The van der Waals surface area contributed by atoms with Gasteiger partial charge in [0, 0.05) is 18.5 Å². The molecule has 3 N–H and O–H groups in total. The van der Waals surface area contributed by atoms with Crippen molar-refractivity contribution in [3.05, 3.63) is 71.8 Å². The summed E-state index contributed by atoms with van der Waals surface area (Å²) in [6, 6.07) is 19.7. The zero-order valence-electron chi connectivity index (χ0n) is 21.2. The van der Waals surface area contributed by atoms with Crippen molar-refractivity contribution in [2.45, 2.75) is 71.6 Å². The fourth-order valence-corrected chi connectivity index (χ4v) is 6.68. The lowest BCUT2D eigenvalue weighted by molar-refractivity contribution is -0.143. The molecule has 0 radical (unpaired) electrons. The minimum absolute atomic E-state index is 0.00215. The molecule has 2 aromatic rings. The van der Waals surface area contributed by atoms with Crippen LogP contribution in [0, 0.1) is 29.1 Å². The monoisotopic (exact) mass is 476 g/mol. The van der Waals surface area contributed by atoms with Crippen LogP contribution in [-0.4, -0.2) is 29.1 Å². The van der Waals surface area contributed by atoms with Crippen LogP contribution in [0.5, 0.6) is 0 Å². The number of aliphatic hydroxyl groups excluding tert-OH is 1. The van der Waals surface area contributed by atoms with E-state index in [1.807, 2.05) is 67.6 Å². The Kier molecular flexibility index (Phi) is 7.95. The van der Waals surface area contributed by atoms with Crippen molar-refractivity contribution < 1.29 is 14.7 Å². The Morgan fingerprint density at radius 2 is 1.60 bits per heavy atom. The zero-order valence-corrected chi connectivity index (χ0v) is 21.2. The quantitative estimate of drug-likeness (QED) is 0.551. The smallest absolute Gasteiger partial charge is 0.224 e. The zero-order chi connectivity index (χ0) is 25.0. The average molecular weight is 477 g/mol. The van der Waals surface area contributed by atoms with Crippen molar-refractivity contribution in [2.75, 3.05) is 0 Å². The molecule has 2 aliphatic carbocycles. The van der Waals surface area contributed by atoms with E-state index in [1.165, 1.54) is 0 Å². The lowest BCUT2D eigenvalue weighted by Crippen LogP contribution is -2.58. The number of rotatable bonds is 7. The number of carbonyl (C=O) groups is 2. The van der Waals surface area contributed by atoms with Crippen LogP contribution in [0.2, 0.25) is 0 Å². The second-order valence-electron chi connectivity index (χ2n) is 11.1. The molecular weight excluding hydrogens is 436 g/mol. The molecule has 2 fully saturated rings. The van der Waals surface area contributed by atoms with Crippen molar-refractivity contribution in [1.29, 1.82) is 0 Å². The number of fused-ring (bicyclic) bond motifs is 1. The highest BCUT2D eigenvalue weighted by Gasteiger charge is 2.53. The summed E-state index contributed by atoms with van der Waals surface area (Å²) in [5.74, 6) is -0.110. The van der Waals surface area contributed by atoms with Gasteiger partial charge in [-0.3, -0.25) is 9.59 Å². The Morgan fingerprint density at radius 1 is 1.00 bits per heavy atom. The van der Waals surface area contributed by atoms with Gasteiger partial charge in [0.1, 0.15) is 0 Å². The first kappa shape index (κ1) is 25.4. The maximum absolute atomic E-state index is 13.0. The summed E-state index contributed by atoms with van der Waals surface area (Å²) in [5, 5.41) is 17.9. The predicted molar refractivity (Wildman–Crippen MR) is 138 cm³/mol. The van der Waals surface area contributed by atoms with Gasteiger partial charge in [-0.15, -0.1) is 0 Å². The average Bonchev–Trinajstić information content (AvgIpc) is 2.85. The fourth-order valence-electron chi connectivity index (χ4n) is 6.68. The van der Waals surface area contributed by atoms with Gasteiger partial charge in [-0.1, -0.05) is 81.4 Å². The third-order valence-corrected chi connectivity index (χ3v) is 8.81. The van der Waals surface area contributed by atoms with Gasteiger partial charge in [0.05, 0.1) is 12.5 Å². The highest BCUT2D eigenvalue weighted by atomic mass is 16.3. The van der Waals surface area contributed by atoms with Crippen LogP contribution in [0.25, 0.3) is 0 Å². The molecule has 35 heavy (non-hydrogen) atoms. The first-order valence-electron chi connectivity index (χ1n) is 13.1. The van der Waals surface area contributed by atoms with E-state index in [0.717, 1.165) is 36.8 Å². The van der Waals surface area contributed by atoms with Crippen molar-refractivity contribution in [3.63, 3.8) is 0 Å². The lowest BCUT2D eigenvalue weighted by atomic mass is 9.51. The van der Waals surface area contributed by atoms with Gasteiger partial charge >= 0.3 is 0 Å². The second kappa shape index (κ2) is 10.9. The topological polar surface area (TPSA) is 78.4 Å². The van der Waals surface area contributed by atoms with E-state index in [-0.39, 0.29) is 46.9 Å². The normalized spacial score (nSPS) is 31.1. The molecular formula is C30H40N2O3. The molecule has 0 aliphatic heterocycles. The number of nitrogens with one attached hydrogen (secondary N) is 2. The van der Waals surface area contributed by atoms with Crippen LogP contribution in [0.4, 0.5) is 0 Å². The summed E-state index contributed by atoms with van der Waals surface area (Å²) >= 11 is 0. The van der Waals surface area contributed by atoms with E-state index < -0.39 is 6.10 Å². The van der Waals surface area contributed by atoms with Crippen LogP contribution >= 0.6 is 0 Å². The lowest BCUT2D eigenvalue weighted by Gasteiger charge is -2.56. The molecule has 0 heterocycles. The SMILES string of the molecule is C[C@@H]1[C@@H]2[C@@H](O)[C@H]([C@H](C)C(=O)NCc3ccccc3)CC[C@]2(C)CC[C@@H]1NC(=O)Cc1ccccc1. The predicted octanol–water partition coefficient (Wildman–Crippen LogP) is 4.49. The van der Waals surface area contributed by atoms with Crippen LogP contribution in [0.15, 0.2) is 60.7 Å². The third kappa shape index (κ3) is 5.78. The number of hydrogen-bond donors (Lipinski definition) is 3. The number of amides is 2. The molecule has 2 amide bonds.